The molecule has 0 fully saturated rings. The van der Waals surface area contributed by atoms with Crippen LogP contribution in [0, 0.1) is 0 Å². The lowest BCUT2D eigenvalue weighted by molar-refractivity contribution is -0.121. The molecule has 23 heavy (non-hydrogen) atoms. The highest BCUT2D eigenvalue weighted by Gasteiger charge is 2.35. The number of nitrogens with zero attached hydrogens (tertiary/aromatic N) is 3. The number of hydrogen-bond donors (Lipinski definition) is 3. The molecule has 1 heterocycles. The number of ether oxygens (including phenoxy) is 1. The van der Waals surface area contributed by atoms with Crippen molar-refractivity contribution in [3.05, 3.63) is 16.6 Å². The lowest BCUT2D eigenvalue weighted by atomic mass is 9.91. The molecule has 0 bridgehead atoms. The monoisotopic (exact) mass is 324 g/mol. The van der Waals surface area contributed by atoms with Crippen LogP contribution in [0.5, 0.6) is 0 Å². The maximum atomic E-state index is 11.7. The van der Waals surface area contributed by atoms with Crippen LogP contribution in [0.3, 0.4) is 0 Å². The van der Waals surface area contributed by atoms with E-state index in [-0.39, 0.29) is 24.1 Å². The van der Waals surface area contributed by atoms with Crippen molar-refractivity contribution < 1.29 is 9.53 Å². The van der Waals surface area contributed by atoms with Gasteiger partial charge in [0.25, 0.3) is 0 Å². The van der Waals surface area contributed by atoms with Gasteiger partial charge >= 0.3 is 5.69 Å². The normalized spacial score (nSPS) is 24.6. The zero-order valence-electron chi connectivity index (χ0n) is 13.7. The minimum atomic E-state index is -0.428. The van der Waals surface area contributed by atoms with Crippen molar-refractivity contribution in [1.82, 2.24) is 25.5 Å². The Morgan fingerprint density at radius 1 is 1.57 bits per heavy atom. The van der Waals surface area contributed by atoms with Gasteiger partial charge in [-0.2, -0.15) is 4.68 Å². The van der Waals surface area contributed by atoms with Gasteiger partial charge in [-0.1, -0.05) is 13.8 Å². The average molecular weight is 324 g/mol. The van der Waals surface area contributed by atoms with Gasteiger partial charge in [0, 0.05) is 25.1 Å². The largest absolute Gasteiger partial charge is 0.369 e. The molecule has 0 spiro atoms. The number of hydrogen-bond acceptors (Lipinski definition) is 6. The van der Waals surface area contributed by atoms with Gasteiger partial charge in [0.05, 0.1) is 18.2 Å². The van der Waals surface area contributed by atoms with Crippen LogP contribution in [0.15, 0.2) is 10.9 Å². The van der Waals surface area contributed by atoms with E-state index in [1.807, 2.05) is 13.8 Å². The van der Waals surface area contributed by atoms with Crippen molar-refractivity contribution in [1.29, 1.82) is 0 Å². The average Bonchev–Trinajstić information content (AvgIpc) is 2.93. The molecule has 4 N–H and O–H groups in total. The second-order valence-electron chi connectivity index (χ2n) is 5.71. The van der Waals surface area contributed by atoms with Gasteiger partial charge in [0.2, 0.25) is 5.91 Å². The molecule has 1 aliphatic carbocycles. The van der Waals surface area contributed by atoms with Crippen LogP contribution in [0.25, 0.3) is 5.70 Å². The minimum absolute atomic E-state index is 0.0492. The molecule has 2 rings (SSSR count). The fraction of sp³-hybridized carbons (Fsp3) is 0.714. The molecule has 0 aromatic carbocycles. The summed E-state index contributed by atoms with van der Waals surface area (Å²) in [6.45, 7) is 5.52. The highest BCUT2D eigenvalue weighted by Crippen LogP contribution is 2.24. The Hall–Kier alpha value is -2.00. The first-order valence-electron chi connectivity index (χ1n) is 7.85. The highest BCUT2D eigenvalue weighted by atomic mass is 16.5. The number of aromatic nitrogens is 4. The number of carbonyl (C=O) groups is 1. The Balaban J connectivity index is 2.32. The molecule has 1 aromatic heterocycles. The molecule has 9 nitrogen and oxygen atoms in total. The molecule has 128 valence electrons. The Morgan fingerprint density at radius 2 is 2.26 bits per heavy atom. The Bertz CT molecular complexity index is 618. The summed E-state index contributed by atoms with van der Waals surface area (Å²) in [6.07, 6.45) is 3.51. The van der Waals surface area contributed by atoms with Crippen LogP contribution < -0.4 is 16.7 Å². The van der Waals surface area contributed by atoms with Gasteiger partial charge in [-0.15, -0.1) is 0 Å². The van der Waals surface area contributed by atoms with E-state index in [0.717, 1.165) is 12.8 Å². The smallest absolute Gasteiger partial charge is 0.365 e. The van der Waals surface area contributed by atoms with Crippen LogP contribution in [0.1, 0.15) is 40.0 Å². The summed E-state index contributed by atoms with van der Waals surface area (Å²) in [5, 5.41) is 12.3. The minimum Gasteiger partial charge on any atom is -0.369 e. The summed E-state index contributed by atoms with van der Waals surface area (Å²) in [5.74, 6) is -0.168. The molecule has 1 aliphatic rings. The van der Waals surface area contributed by atoms with Crippen molar-refractivity contribution in [2.24, 2.45) is 5.73 Å². The van der Waals surface area contributed by atoms with Crippen LogP contribution in [-0.2, 0) is 9.53 Å². The number of H-pyrrole nitrogens is 1. The third-order valence-corrected chi connectivity index (χ3v) is 3.99. The highest BCUT2D eigenvalue weighted by molar-refractivity contribution is 5.73. The maximum absolute atomic E-state index is 11.7. The van der Waals surface area contributed by atoms with E-state index in [1.54, 1.807) is 6.08 Å². The van der Waals surface area contributed by atoms with Gasteiger partial charge in [0.1, 0.15) is 0 Å². The first kappa shape index (κ1) is 17.4. The van der Waals surface area contributed by atoms with E-state index in [9.17, 15) is 9.59 Å². The molecule has 0 saturated heterocycles. The van der Waals surface area contributed by atoms with Crippen LogP contribution in [-0.4, -0.2) is 50.4 Å². The van der Waals surface area contributed by atoms with Crippen molar-refractivity contribution in [3.8, 4) is 0 Å². The number of nitrogens with one attached hydrogen (secondary N) is 2. The molecular formula is C14H24N6O3. The van der Waals surface area contributed by atoms with Gasteiger partial charge in [-0.25, -0.2) is 9.89 Å². The molecule has 3 atom stereocenters. The third-order valence-electron chi connectivity index (χ3n) is 3.99. The summed E-state index contributed by atoms with van der Waals surface area (Å²) in [4.78, 5) is 23.2. The summed E-state index contributed by atoms with van der Waals surface area (Å²) in [5.41, 5.74) is 6.40. The van der Waals surface area contributed by atoms with Gasteiger partial charge < -0.3 is 15.8 Å². The molecule has 1 amide bonds. The van der Waals surface area contributed by atoms with Crippen molar-refractivity contribution in [2.45, 2.75) is 64.3 Å². The number of amides is 1. The third kappa shape index (κ3) is 4.05. The second-order valence-corrected chi connectivity index (χ2v) is 5.71. The van der Waals surface area contributed by atoms with E-state index < -0.39 is 11.8 Å². The van der Waals surface area contributed by atoms with Crippen molar-refractivity contribution in [2.75, 3.05) is 0 Å². The number of aromatic amines is 1. The summed E-state index contributed by atoms with van der Waals surface area (Å²) in [7, 11) is 0. The predicted octanol–water partition coefficient (Wildman–Crippen LogP) is -0.383. The first-order chi connectivity index (χ1) is 11.0. The van der Waals surface area contributed by atoms with Gasteiger partial charge in [0.15, 0.2) is 0 Å². The van der Waals surface area contributed by atoms with Crippen LogP contribution in [0.2, 0.25) is 0 Å². The van der Waals surface area contributed by atoms with Gasteiger partial charge in [-0.3, -0.25) is 4.79 Å². The molecule has 0 saturated carbocycles. The number of tetrazole rings is 1. The number of carbonyl (C=O) groups excluding carboxylic acids is 1. The summed E-state index contributed by atoms with van der Waals surface area (Å²) < 4.78 is 7.27. The number of rotatable bonds is 6. The standard InChI is InChI=1S/C14H24N6O3/c1-4-10(5-2)23-12-7-9(20-14(22)17-18-19-20)6-11(15)13(12)16-8(3)21/h7,10-13H,4-6,15H2,1-3H3,(H,16,21)(H,17,19,22)/t11-,12+,13+/m0/s1. The maximum Gasteiger partial charge on any atom is 0.365 e. The SMILES string of the molecule is CCC(CC)O[C@@H]1C=C(n2nn[nH]c2=O)C[C@H](N)[C@H]1NC(C)=O. The Labute approximate surface area is 134 Å². The first-order valence-corrected chi connectivity index (χ1v) is 7.85. The lowest BCUT2D eigenvalue weighted by Gasteiger charge is -2.36. The summed E-state index contributed by atoms with van der Waals surface area (Å²) in [6, 6.07) is -0.735. The fourth-order valence-corrected chi connectivity index (χ4v) is 2.77. The van der Waals surface area contributed by atoms with Crippen molar-refractivity contribution in [3.63, 3.8) is 0 Å². The quantitative estimate of drug-likeness (QED) is 0.654. The predicted molar refractivity (Wildman–Crippen MR) is 84.4 cm³/mol. The van der Waals surface area contributed by atoms with E-state index in [1.165, 1.54) is 11.6 Å². The molecule has 9 heteroatoms. The van der Waals surface area contributed by atoms with Gasteiger partial charge in [-0.05, 0) is 29.3 Å². The lowest BCUT2D eigenvalue weighted by Crippen LogP contribution is -2.57. The van der Waals surface area contributed by atoms with E-state index in [0.29, 0.717) is 12.1 Å². The zero-order valence-corrected chi connectivity index (χ0v) is 13.7. The molecule has 0 aliphatic heterocycles. The Morgan fingerprint density at radius 3 is 2.78 bits per heavy atom. The van der Waals surface area contributed by atoms with Crippen LogP contribution in [0.4, 0.5) is 0 Å². The van der Waals surface area contributed by atoms with E-state index in [4.69, 9.17) is 10.5 Å². The second kappa shape index (κ2) is 7.51. The summed E-state index contributed by atoms with van der Waals surface area (Å²) >= 11 is 0. The molecule has 0 radical (unpaired) electrons. The molecular weight excluding hydrogens is 300 g/mol. The molecule has 1 aromatic rings. The number of nitrogens with two attached hydrogens (primary N) is 1. The van der Waals surface area contributed by atoms with Crippen LogP contribution >= 0.6 is 0 Å². The fourth-order valence-electron chi connectivity index (χ4n) is 2.77. The van der Waals surface area contributed by atoms with Crippen molar-refractivity contribution >= 4 is 11.6 Å². The van der Waals surface area contributed by atoms with E-state index in [2.05, 4.69) is 20.8 Å². The Kier molecular flexibility index (Phi) is 5.67. The topological polar surface area (TPSA) is 128 Å². The zero-order chi connectivity index (χ0) is 17.0. The van der Waals surface area contributed by atoms with E-state index >= 15 is 0 Å². The molecule has 0 unspecified atom stereocenters.